The minimum Gasteiger partial charge on any atom is -0.325 e. The van der Waals surface area contributed by atoms with E-state index in [1.165, 1.54) is 6.08 Å². The largest absolute Gasteiger partial charge is 0.416 e. The van der Waals surface area contributed by atoms with Crippen LogP contribution in [0.15, 0.2) is 36.9 Å². The molecule has 3 amide bonds. The Balaban J connectivity index is 2.26. The van der Waals surface area contributed by atoms with Gasteiger partial charge in [-0.15, -0.1) is 6.58 Å². The average molecular weight is 284 g/mol. The molecule has 1 atom stereocenters. The van der Waals surface area contributed by atoms with Crippen molar-refractivity contribution in [3.8, 4) is 0 Å². The van der Waals surface area contributed by atoms with Crippen LogP contribution in [0.4, 0.5) is 23.7 Å². The van der Waals surface area contributed by atoms with Gasteiger partial charge in [0, 0.05) is 0 Å². The number of urea groups is 1. The Kier molecular flexibility index (Phi) is 3.52. The first-order chi connectivity index (χ1) is 9.34. The molecule has 4 nitrogen and oxygen atoms in total. The van der Waals surface area contributed by atoms with Crippen LogP contribution in [0.2, 0.25) is 0 Å². The molecule has 20 heavy (non-hydrogen) atoms. The lowest BCUT2D eigenvalue weighted by Gasteiger charge is -2.14. The number of amides is 3. The lowest BCUT2D eigenvalue weighted by molar-refractivity contribution is -0.137. The van der Waals surface area contributed by atoms with Crippen molar-refractivity contribution in [2.45, 2.75) is 18.6 Å². The molecule has 1 saturated heterocycles. The second-order valence-electron chi connectivity index (χ2n) is 4.24. The number of rotatable bonds is 3. The fraction of sp³-hybridized carbons (Fsp3) is 0.231. The third kappa shape index (κ3) is 2.52. The van der Waals surface area contributed by atoms with Crippen molar-refractivity contribution in [1.82, 2.24) is 5.32 Å². The van der Waals surface area contributed by atoms with E-state index in [9.17, 15) is 22.8 Å². The highest BCUT2D eigenvalue weighted by Crippen LogP contribution is 2.31. The number of nitrogens with one attached hydrogen (secondary N) is 1. The number of anilines is 1. The van der Waals surface area contributed by atoms with Gasteiger partial charge in [0.15, 0.2) is 0 Å². The smallest absolute Gasteiger partial charge is 0.325 e. The van der Waals surface area contributed by atoms with Crippen molar-refractivity contribution >= 4 is 17.6 Å². The van der Waals surface area contributed by atoms with Gasteiger partial charge in [-0.1, -0.05) is 6.08 Å². The van der Waals surface area contributed by atoms with Crippen molar-refractivity contribution in [3.05, 3.63) is 42.5 Å². The van der Waals surface area contributed by atoms with Gasteiger partial charge in [0.05, 0.1) is 11.3 Å². The van der Waals surface area contributed by atoms with Crippen molar-refractivity contribution in [1.29, 1.82) is 0 Å². The number of hydrogen-bond acceptors (Lipinski definition) is 2. The molecule has 0 saturated carbocycles. The molecule has 1 fully saturated rings. The summed E-state index contributed by atoms with van der Waals surface area (Å²) in [5.41, 5.74) is -0.733. The number of hydrogen-bond donors (Lipinski definition) is 1. The maximum absolute atomic E-state index is 12.4. The molecular weight excluding hydrogens is 273 g/mol. The van der Waals surface area contributed by atoms with E-state index in [4.69, 9.17) is 0 Å². The molecule has 0 spiro atoms. The van der Waals surface area contributed by atoms with Gasteiger partial charge in [-0.2, -0.15) is 13.2 Å². The van der Waals surface area contributed by atoms with Gasteiger partial charge in [0.1, 0.15) is 6.04 Å². The Morgan fingerprint density at radius 3 is 2.35 bits per heavy atom. The third-order valence-corrected chi connectivity index (χ3v) is 2.87. The van der Waals surface area contributed by atoms with Crippen molar-refractivity contribution in [2.24, 2.45) is 0 Å². The third-order valence-electron chi connectivity index (χ3n) is 2.87. The molecule has 1 unspecified atom stereocenters. The van der Waals surface area contributed by atoms with E-state index >= 15 is 0 Å². The standard InChI is InChI=1S/C13H11F3N2O2/c1-2-3-10-11(19)18(12(20)17-10)9-6-4-8(5-7-9)13(14,15)16/h2,4-7,10H,1,3H2,(H,17,20). The minimum absolute atomic E-state index is 0.104. The summed E-state index contributed by atoms with van der Waals surface area (Å²) in [4.78, 5) is 24.5. The maximum Gasteiger partial charge on any atom is 0.416 e. The molecule has 1 aromatic carbocycles. The van der Waals surface area contributed by atoms with Crippen LogP contribution < -0.4 is 10.2 Å². The zero-order valence-corrected chi connectivity index (χ0v) is 10.3. The normalized spacial score (nSPS) is 19.1. The molecule has 1 aliphatic rings. The molecule has 0 aliphatic carbocycles. The summed E-state index contributed by atoms with van der Waals surface area (Å²) in [7, 11) is 0. The second kappa shape index (κ2) is 4.99. The number of nitrogens with zero attached hydrogens (tertiary/aromatic N) is 1. The average Bonchev–Trinajstić information content (AvgIpc) is 2.64. The number of halogens is 3. The second-order valence-corrected chi connectivity index (χ2v) is 4.24. The number of carbonyl (C=O) groups excluding carboxylic acids is 2. The zero-order chi connectivity index (χ0) is 14.9. The quantitative estimate of drug-likeness (QED) is 0.685. The Bertz CT molecular complexity index is 552. The van der Waals surface area contributed by atoms with Gasteiger partial charge in [-0.3, -0.25) is 4.79 Å². The molecule has 0 aromatic heterocycles. The Labute approximate surface area is 112 Å². The van der Waals surface area contributed by atoms with Crippen molar-refractivity contribution in [2.75, 3.05) is 4.90 Å². The fourth-order valence-corrected chi connectivity index (χ4v) is 1.90. The van der Waals surface area contributed by atoms with E-state index in [2.05, 4.69) is 11.9 Å². The molecule has 0 radical (unpaired) electrons. The van der Waals surface area contributed by atoms with Gasteiger partial charge >= 0.3 is 12.2 Å². The van der Waals surface area contributed by atoms with Crippen LogP contribution in [0, 0.1) is 0 Å². The molecular formula is C13H11F3N2O2. The Hall–Kier alpha value is -2.31. The molecule has 1 aromatic rings. The monoisotopic (exact) mass is 284 g/mol. The van der Waals surface area contributed by atoms with Gasteiger partial charge in [-0.25, -0.2) is 9.69 Å². The predicted octanol–water partition coefficient (Wildman–Crippen LogP) is 2.71. The number of alkyl halides is 3. The zero-order valence-electron chi connectivity index (χ0n) is 10.3. The number of benzene rings is 1. The first-order valence-corrected chi connectivity index (χ1v) is 5.77. The highest BCUT2D eigenvalue weighted by Gasteiger charge is 2.38. The van der Waals surface area contributed by atoms with Crippen LogP contribution in [0.1, 0.15) is 12.0 Å². The maximum atomic E-state index is 12.4. The first kappa shape index (κ1) is 14.1. The van der Waals surface area contributed by atoms with E-state index in [0.29, 0.717) is 0 Å². The molecule has 7 heteroatoms. The van der Waals surface area contributed by atoms with Crippen LogP contribution in [0.25, 0.3) is 0 Å². The highest BCUT2D eigenvalue weighted by atomic mass is 19.4. The van der Waals surface area contributed by atoms with E-state index in [1.54, 1.807) is 0 Å². The summed E-state index contributed by atoms with van der Waals surface area (Å²) in [5, 5.41) is 2.44. The summed E-state index contributed by atoms with van der Waals surface area (Å²) >= 11 is 0. The van der Waals surface area contributed by atoms with E-state index in [-0.39, 0.29) is 12.1 Å². The topological polar surface area (TPSA) is 49.4 Å². The van der Waals surface area contributed by atoms with Gasteiger partial charge in [0.2, 0.25) is 0 Å². The van der Waals surface area contributed by atoms with Crippen LogP contribution in [-0.2, 0) is 11.0 Å². The van der Waals surface area contributed by atoms with Gasteiger partial charge in [-0.05, 0) is 30.7 Å². The molecule has 106 valence electrons. The fourth-order valence-electron chi connectivity index (χ4n) is 1.90. The van der Waals surface area contributed by atoms with Gasteiger partial charge in [0.25, 0.3) is 5.91 Å². The molecule has 1 N–H and O–H groups in total. The van der Waals surface area contributed by atoms with E-state index in [1.807, 2.05) is 0 Å². The van der Waals surface area contributed by atoms with Gasteiger partial charge < -0.3 is 5.32 Å². The molecule has 2 rings (SSSR count). The van der Waals surface area contributed by atoms with Crippen LogP contribution in [0.5, 0.6) is 0 Å². The summed E-state index contributed by atoms with van der Waals surface area (Å²) < 4.78 is 37.3. The number of carbonyl (C=O) groups is 2. The lowest BCUT2D eigenvalue weighted by atomic mass is 10.1. The van der Waals surface area contributed by atoms with Crippen molar-refractivity contribution in [3.63, 3.8) is 0 Å². The number of imide groups is 1. The molecule has 1 heterocycles. The summed E-state index contributed by atoms with van der Waals surface area (Å²) in [6.07, 6.45) is -2.71. The summed E-state index contributed by atoms with van der Waals surface area (Å²) in [5.74, 6) is -0.505. The van der Waals surface area contributed by atoms with Crippen molar-refractivity contribution < 1.29 is 22.8 Å². The lowest BCUT2D eigenvalue weighted by Crippen LogP contribution is -2.31. The SMILES string of the molecule is C=CCC1NC(=O)N(c2ccc(C(F)(F)F)cc2)C1=O. The van der Waals surface area contributed by atoms with Crippen LogP contribution in [-0.4, -0.2) is 18.0 Å². The van der Waals surface area contributed by atoms with E-state index < -0.39 is 29.7 Å². The molecule has 0 bridgehead atoms. The highest BCUT2D eigenvalue weighted by molar-refractivity contribution is 6.21. The van der Waals surface area contributed by atoms with E-state index in [0.717, 1.165) is 29.2 Å². The predicted molar refractivity (Wildman–Crippen MR) is 66.1 cm³/mol. The molecule has 1 aliphatic heterocycles. The van der Waals surface area contributed by atoms with Crippen LogP contribution in [0.3, 0.4) is 0 Å². The Morgan fingerprint density at radius 1 is 1.25 bits per heavy atom. The summed E-state index contributed by atoms with van der Waals surface area (Å²) in [6.45, 7) is 3.47. The summed E-state index contributed by atoms with van der Waals surface area (Å²) in [6, 6.07) is 2.48. The minimum atomic E-state index is -4.46. The Morgan fingerprint density at radius 2 is 1.85 bits per heavy atom. The van der Waals surface area contributed by atoms with Crippen LogP contribution >= 0.6 is 0 Å². The first-order valence-electron chi connectivity index (χ1n) is 5.77.